The molecule has 2 amide bonds. The Morgan fingerprint density at radius 3 is 2.11 bits per heavy atom. The topological polar surface area (TPSA) is 67.4 Å². The van der Waals surface area contributed by atoms with Crippen molar-refractivity contribution < 1.29 is 14.3 Å². The Labute approximate surface area is 158 Å². The fourth-order valence-electron chi connectivity index (χ4n) is 2.62. The molecule has 0 fully saturated rings. The summed E-state index contributed by atoms with van der Waals surface area (Å²) >= 11 is 0. The number of carbonyl (C=O) groups excluding carboxylic acids is 2. The van der Waals surface area contributed by atoms with Crippen LogP contribution in [-0.2, 0) is 6.54 Å². The smallest absolute Gasteiger partial charge is 0.255 e. The van der Waals surface area contributed by atoms with Crippen LogP contribution in [0.5, 0.6) is 5.75 Å². The number of anilines is 1. The van der Waals surface area contributed by atoms with E-state index < -0.39 is 0 Å². The maximum atomic E-state index is 12.3. The number of nitrogens with one attached hydrogen (secondary N) is 2. The highest BCUT2D eigenvalue weighted by Gasteiger charge is 2.09. The molecule has 0 aliphatic heterocycles. The van der Waals surface area contributed by atoms with Crippen LogP contribution in [0.4, 0.5) is 5.69 Å². The van der Waals surface area contributed by atoms with Gasteiger partial charge in [0.1, 0.15) is 5.75 Å². The van der Waals surface area contributed by atoms with Crippen LogP contribution in [0.3, 0.4) is 0 Å². The molecule has 0 aliphatic rings. The number of amides is 2. The van der Waals surface area contributed by atoms with Crippen molar-refractivity contribution in [2.24, 2.45) is 0 Å². The van der Waals surface area contributed by atoms with Gasteiger partial charge >= 0.3 is 0 Å². The average Bonchev–Trinajstić information content (AvgIpc) is 2.73. The lowest BCUT2D eigenvalue weighted by molar-refractivity contribution is 0.0950. The third kappa shape index (κ3) is 4.73. The van der Waals surface area contributed by atoms with Gasteiger partial charge in [-0.2, -0.15) is 0 Å². The minimum Gasteiger partial charge on any atom is -0.496 e. The van der Waals surface area contributed by atoms with E-state index in [2.05, 4.69) is 10.6 Å². The highest BCUT2D eigenvalue weighted by molar-refractivity contribution is 6.04. The minimum atomic E-state index is -0.193. The normalized spacial score (nSPS) is 10.1. The van der Waals surface area contributed by atoms with Gasteiger partial charge in [-0.1, -0.05) is 36.4 Å². The second-order valence-electron chi connectivity index (χ2n) is 5.89. The molecule has 0 spiro atoms. The fourth-order valence-corrected chi connectivity index (χ4v) is 2.62. The molecule has 3 rings (SSSR count). The molecule has 5 heteroatoms. The van der Waals surface area contributed by atoms with Gasteiger partial charge in [0.15, 0.2) is 0 Å². The van der Waals surface area contributed by atoms with Crippen molar-refractivity contribution >= 4 is 17.5 Å². The van der Waals surface area contributed by atoms with E-state index in [-0.39, 0.29) is 11.8 Å². The van der Waals surface area contributed by atoms with Gasteiger partial charge in [0.05, 0.1) is 7.11 Å². The highest BCUT2D eigenvalue weighted by Crippen LogP contribution is 2.17. The van der Waals surface area contributed by atoms with Crippen LogP contribution in [0.15, 0.2) is 78.9 Å². The van der Waals surface area contributed by atoms with Crippen molar-refractivity contribution in [2.75, 3.05) is 12.4 Å². The zero-order valence-electron chi connectivity index (χ0n) is 14.9. The van der Waals surface area contributed by atoms with E-state index in [1.54, 1.807) is 43.5 Å². The number of para-hydroxylation sites is 1. The Kier molecular flexibility index (Phi) is 5.84. The van der Waals surface area contributed by atoms with Crippen LogP contribution in [0.2, 0.25) is 0 Å². The molecular weight excluding hydrogens is 340 g/mol. The number of ether oxygens (including phenoxy) is 1. The Bertz CT molecular complexity index is 922. The van der Waals surface area contributed by atoms with Gasteiger partial charge in [-0.25, -0.2) is 0 Å². The van der Waals surface area contributed by atoms with Crippen LogP contribution in [-0.4, -0.2) is 18.9 Å². The van der Waals surface area contributed by atoms with E-state index in [9.17, 15) is 9.59 Å². The lowest BCUT2D eigenvalue weighted by atomic mass is 10.1. The largest absolute Gasteiger partial charge is 0.496 e. The van der Waals surface area contributed by atoms with Crippen LogP contribution in [0.25, 0.3) is 0 Å². The predicted octanol–water partition coefficient (Wildman–Crippen LogP) is 3.88. The first-order chi connectivity index (χ1) is 13.2. The lowest BCUT2D eigenvalue weighted by Crippen LogP contribution is -2.23. The maximum Gasteiger partial charge on any atom is 0.255 e. The molecule has 5 nitrogen and oxygen atoms in total. The Balaban J connectivity index is 1.59. The summed E-state index contributed by atoms with van der Waals surface area (Å²) in [7, 11) is 1.60. The van der Waals surface area contributed by atoms with Gasteiger partial charge in [-0.05, 0) is 42.5 Å². The fraction of sp³-hybridized carbons (Fsp3) is 0.0909. The molecule has 0 aromatic heterocycles. The summed E-state index contributed by atoms with van der Waals surface area (Å²) in [6, 6.07) is 23.3. The van der Waals surface area contributed by atoms with Gasteiger partial charge in [-0.3, -0.25) is 9.59 Å². The molecule has 0 saturated heterocycles. The first-order valence-electron chi connectivity index (χ1n) is 8.54. The number of hydrogen-bond acceptors (Lipinski definition) is 3. The molecule has 0 saturated carbocycles. The number of rotatable bonds is 6. The van der Waals surface area contributed by atoms with Crippen molar-refractivity contribution in [3.8, 4) is 5.75 Å². The van der Waals surface area contributed by atoms with Crippen molar-refractivity contribution in [1.82, 2.24) is 5.32 Å². The van der Waals surface area contributed by atoms with E-state index in [1.165, 1.54) is 0 Å². The number of hydrogen-bond donors (Lipinski definition) is 2. The van der Waals surface area contributed by atoms with Gasteiger partial charge in [0, 0.05) is 28.9 Å². The minimum absolute atomic E-state index is 0.191. The van der Waals surface area contributed by atoms with Crippen molar-refractivity contribution in [2.45, 2.75) is 6.54 Å². The molecule has 0 aliphatic carbocycles. The predicted molar refractivity (Wildman–Crippen MR) is 105 cm³/mol. The molecule has 0 bridgehead atoms. The van der Waals surface area contributed by atoms with Crippen LogP contribution >= 0.6 is 0 Å². The van der Waals surface area contributed by atoms with Crippen LogP contribution < -0.4 is 15.4 Å². The van der Waals surface area contributed by atoms with E-state index >= 15 is 0 Å². The molecule has 136 valence electrons. The Hall–Kier alpha value is -3.60. The van der Waals surface area contributed by atoms with Crippen LogP contribution in [0, 0.1) is 0 Å². The Morgan fingerprint density at radius 2 is 1.41 bits per heavy atom. The molecule has 0 heterocycles. The zero-order chi connectivity index (χ0) is 19.1. The molecule has 0 unspecified atom stereocenters. The quantitative estimate of drug-likeness (QED) is 0.701. The van der Waals surface area contributed by atoms with Gasteiger partial charge < -0.3 is 15.4 Å². The molecular formula is C22H20N2O3. The highest BCUT2D eigenvalue weighted by atomic mass is 16.5. The number of benzene rings is 3. The molecule has 2 N–H and O–H groups in total. The second kappa shape index (κ2) is 8.67. The first-order valence-corrected chi connectivity index (χ1v) is 8.54. The van der Waals surface area contributed by atoms with Crippen molar-refractivity contribution in [3.63, 3.8) is 0 Å². The summed E-state index contributed by atoms with van der Waals surface area (Å²) in [5.74, 6) is 0.350. The van der Waals surface area contributed by atoms with E-state index in [0.29, 0.717) is 23.4 Å². The number of carbonyl (C=O) groups is 2. The van der Waals surface area contributed by atoms with Crippen molar-refractivity contribution in [1.29, 1.82) is 0 Å². The summed E-state index contributed by atoms with van der Waals surface area (Å²) in [5.41, 5.74) is 2.63. The van der Waals surface area contributed by atoms with Gasteiger partial charge in [0.2, 0.25) is 0 Å². The molecule has 3 aromatic rings. The van der Waals surface area contributed by atoms with Crippen molar-refractivity contribution in [3.05, 3.63) is 95.6 Å². The molecule has 0 radical (unpaired) electrons. The third-order valence-corrected chi connectivity index (χ3v) is 4.07. The maximum absolute atomic E-state index is 12.3. The SMILES string of the molecule is COc1ccccc1CNC(=O)c1ccc(NC(=O)c2ccccc2)cc1. The summed E-state index contributed by atoms with van der Waals surface area (Å²) in [6.07, 6.45) is 0. The molecule has 27 heavy (non-hydrogen) atoms. The monoisotopic (exact) mass is 360 g/mol. The van der Waals surface area contributed by atoms with E-state index in [0.717, 1.165) is 11.3 Å². The third-order valence-electron chi connectivity index (χ3n) is 4.07. The molecule has 3 aromatic carbocycles. The van der Waals surface area contributed by atoms with E-state index in [4.69, 9.17) is 4.74 Å². The second-order valence-corrected chi connectivity index (χ2v) is 5.89. The summed E-state index contributed by atoms with van der Waals surface area (Å²) in [4.78, 5) is 24.5. The number of methoxy groups -OCH3 is 1. The summed E-state index contributed by atoms with van der Waals surface area (Å²) in [5, 5.41) is 5.68. The first kappa shape index (κ1) is 18.2. The standard InChI is InChI=1S/C22H20N2O3/c1-27-20-10-6-5-9-18(20)15-23-21(25)17-11-13-19(14-12-17)24-22(26)16-7-3-2-4-8-16/h2-14H,15H2,1H3,(H,23,25)(H,24,26). The Morgan fingerprint density at radius 1 is 0.778 bits per heavy atom. The van der Waals surface area contributed by atoms with Gasteiger partial charge in [0.25, 0.3) is 11.8 Å². The summed E-state index contributed by atoms with van der Waals surface area (Å²) in [6.45, 7) is 0.370. The lowest BCUT2D eigenvalue weighted by Gasteiger charge is -2.10. The van der Waals surface area contributed by atoms with E-state index in [1.807, 2.05) is 42.5 Å². The molecule has 0 atom stereocenters. The average molecular weight is 360 g/mol. The summed E-state index contributed by atoms with van der Waals surface area (Å²) < 4.78 is 5.28. The zero-order valence-corrected chi connectivity index (χ0v) is 14.9. The van der Waals surface area contributed by atoms with Crippen LogP contribution in [0.1, 0.15) is 26.3 Å². The van der Waals surface area contributed by atoms with Gasteiger partial charge in [-0.15, -0.1) is 0 Å².